The van der Waals surface area contributed by atoms with Crippen LogP contribution in [0.4, 0.5) is 9.18 Å². The lowest BCUT2D eigenvalue weighted by molar-refractivity contribution is -0.157. The van der Waals surface area contributed by atoms with Crippen LogP contribution >= 0.6 is 0 Å². The number of imide groups is 1. The third-order valence-electron chi connectivity index (χ3n) is 3.72. The van der Waals surface area contributed by atoms with E-state index < -0.39 is 41.9 Å². The Morgan fingerprint density at radius 1 is 1.32 bits per heavy atom. The molecular formula is C17H18FN3O4. The molecule has 2 aromatic rings. The van der Waals surface area contributed by atoms with Gasteiger partial charge in [-0.2, -0.15) is 0 Å². The van der Waals surface area contributed by atoms with E-state index >= 15 is 0 Å². The van der Waals surface area contributed by atoms with Crippen molar-refractivity contribution in [3.8, 4) is 0 Å². The Morgan fingerprint density at radius 3 is 2.72 bits per heavy atom. The molecule has 0 saturated carbocycles. The molecule has 1 unspecified atom stereocenters. The maximum atomic E-state index is 13.5. The minimum atomic E-state index is -0.981. The number of amides is 3. The number of carbonyl (C=O) groups excluding carboxylic acids is 3. The van der Waals surface area contributed by atoms with E-state index in [4.69, 9.17) is 4.74 Å². The smallest absolute Gasteiger partial charge is 0.326 e. The summed E-state index contributed by atoms with van der Waals surface area (Å²) in [4.78, 5) is 40.3. The van der Waals surface area contributed by atoms with Crippen LogP contribution in [0.2, 0.25) is 0 Å². The lowest BCUT2D eigenvalue weighted by Gasteiger charge is -2.21. The number of aromatic nitrogens is 1. The van der Waals surface area contributed by atoms with E-state index in [0.29, 0.717) is 16.5 Å². The number of nitrogens with one attached hydrogen (secondary N) is 2. The highest BCUT2D eigenvalue weighted by Crippen LogP contribution is 2.29. The molecule has 2 heterocycles. The molecule has 1 aliphatic rings. The van der Waals surface area contributed by atoms with E-state index in [1.165, 1.54) is 12.1 Å². The van der Waals surface area contributed by atoms with Gasteiger partial charge >= 0.3 is 12.0 Å². The zero-order chi connectivity index (χ0) is 18.4. The summed E-state index contributed by atoms with van der Waals surface area (Å²) < 4.78 is 18.6. The predicted molar refractivity (Wildman–Crippen MR) is 87.1 cm³/mol. The molecule has 1 fully saturated rings. The van der Waals surface area contributed by atoms with E-state index in [1.807, 2.05) is 0 Å². The number of ether oxygens (including phenoxy) is 1. The first-order chi connectivity index (χ1) is 11.7. The summed E-state index contributed by atoms with van der Waals surface area (Å²) in [5.41, 5.74) is 0.368. The van der Waals surface area contributed by atoms with Gasteiger partial charge in [0.05, 0.1) is 0 Å². The summed E-state index contributed by atoms with van der Waals surface area (Å²) in [6.07, 6.45) is 1.55. The van der Waals surface area contributed by atoms with Crippen LogP contribution in [0.3, 0.4) is 0 Å². The van der Waals surface area contributed by atoms with Gasteiger partial charge in [0, 0.05) is 22.7 Å². The molecule has 25 heavy (non-hydrogen) atoms. The van der Waals surface area contributed by atoms with Gasteiger partial charge in [-0.3, -0.25) is 14.5 Å². The van der Waals surface area contributed by atoms with E-state index in [9.17, 15) is 18.8 Å². The van der Waals surface area contributed by atoms with Crippen molar-refractivity contribution in [2.75, 3.05) is 6.54 Å². The highest BCUT2D eigenvalue weighted by atomic mass is 19.1. The average Bonchev–Trinajstić information content (AvgIpc) is 3.01. The second-order valence-corrected chi connectivity index (χ2v) is 6.83. The van der Waals surface area contributed by atoms with Gasteiger partial charge in [0.15, 0.2) is 0 Å². The van der Waals surface area contributed by atoms with E-state index in [0.717, 1.165) is 4.90 Å². The molecule has 1 aliphatic heterocycles. The second-order valence-electron chi connectivity index (χ2n) is 6.83. The van der Waals surface area contributed by atoms with E-state index in [1.54, 1.807) is 33.0 Å². The van der Waals surface area contributed by atoms with Gasteiger partial charge in [-0.05, 0) is 39.0 Å². The Bertz CT molecular complexity index is 868. The van der Waals surface area contributed by atoms with Crippen LogP contribution in [0.15, 0.2) is 24.4 Å². The molecule has 3 rings (SSSR count). The summed E-state index contributed by atoms with van der Waals surface area (Å²) in [6.45, 7) is 4.61. The minimum absolute atomic E-state index is 0.444. The van der Waals surface area contributed by atoms with Crippen LogP contribution < -0.4 is 5.32 Å². The van der Waals surface area contributed by atoms with Crippen molar-refractivity contribution in [3.63, 3.8) is 0 Å². The Labute approximate surface area is 143 Å². The second kappa shape index (κ2) is 5.87. The van der Waals surface area contributed by atoms with Crippen LogP contribution in [0.25, 0.3) is 10.9 Å². The topological polar surface area (TPSA) is 91.5 Å². The first-order valence-corrected chi connectivity index (χ1v) is 7.76. The largest absolute Gasteiger partial charge is 0.459 e. The third-order valence-corrected chi connectivity index (χ3v) is 3.72. The van der Waals surface area contributed by atoms with Crippen molar-refractivity contribution in [3.05, 3.63) is 35.8 Å². The summed E-state index contributed by atoms with van der Waals surface area (Å²) in [5, 5.41) is 3.02. The Hall–Kier alpha value is -2.90. The van der Waals surface area contributed by atoms with E-state index in [2.05, 4.69) is 10.3 Å². The maximum Gasteiger partial charge on any atom is 0.326 e. The molecule has 0 aliphatic carbocycles. The van der Waals surface area contributed by atoms with Crippen molar-refractivity contribution in [2.24, 2.45) is 0 Å². The molecule has 1 saturated heterocycles. The number of carbonyl (C=O) groups is 3. The number of aromatic amines is 1. The van der Waals surface area contributed by atoms with Gasteiger partial charge < -0.3 is 15.0 Å². The normalized spacial score (nSPS) is 17.9. The first kappa shape index (κ1) is 16.9. The summed E-state index contributed by atoms with van der Waals surface area (Å²) >= 11 is 0. The number of urea groups is 1. The molecule has 1 aromatic heterocycles. The highest BCUT2D eigenvalue weighted by Gasteiger charge is 2.41. The van der Waals surface area contributed by atoms with Crippen LogP contribution in [-0.4, -0.2) is 39.9 Å². The van der Waals surface area contributed by atoms with Gasteiger partial charge in [-0.1, -0.05) is 0 Å². The average molecular weight is 347 g/mol. The quantitative estimate of drug-likeness (QED) is 0.658. The molecule has 0 spiro atoms. The standard InChI is InChI=1S/C17H18FN3O4/c1-17(2,3)25-13(22)8-21-15(23)14(20-16(21)24)11-7-19-12-5-4-9(18)6-10(11)12/h4-7,14,19H,8H2,1-3H3,(H,20,24). The number of halogens is 1. The summed E-state index contributed by atoms with van der Waals surface area (Å²) in [7, 11) is 0. The van der Waals surface area contributed by atoms with Gasteiger partial charge in [0.25, 0.3) is 5.91 Å². The Kier molecular flexibility index (Phi) is 3.98. The molecule has 2 N–H and O–H groups in total. The zero-order valence-corrected chi connectivity index (χ0v) is 14.1. The molecule has 7 nitrogen and oxygen atoms in total. The van der Waals surface area contributed by atoms with Crippen molar-refractivity contribution >= 4 is 28.8 Å². The summed E-state index contributed by atoms with van der Waals surface area (Å²) in [5.74, 6) is -1.71. The predicted octanol–water partition coefficient (Wildman–Crippen LogP) is 2.24. The van der Waals surface area contributed by atoms with Gasteiger partial charge in [0.2, 0.25) is 0 Å². The summed E-state index contributed by atoms with van der Waals surface area (Å²) in [6, 6.07) is 2.47. The first-order valence-electron chi connectivity index (χ1n) is 7.76. The fraction of sp³-hybridized carbons (Fsp3) is 0.353. The lowest BCUT2D eigenvalue weighted by Crippen LogP contribution is -2.38. The Balaban J connectivity index is 1.83. The van der Waals surface area contributed by atoms with Gasteiger partial charge in [-0.25, -0.2) is 9.18 Å². The molecule has 8 heteroatoms. The maximum absolute atomic E-state index is 13.5. The fourth-order valence-corrected chi connectivity index (χ4v) is 2.74. The van der Waals surface area contributed by atoms with Gasteiger partial charge in [0.1, 0.15) is 24.0 Å². The number of H-pyrrole nitrogens is 1. The molecule has 0 radical (unpaired) electrons. The molecule has 132 valence electrons. The number of esters is 1. The lowest BCUT2D eigenvalue weighted by atomic mass is 10.1. The van der Waals surface area contributed by atoms with Crippen LogP contribution in [0, 0.1) is 5.82 Å². The number of hydrogen-bond acceptors (Lipinski definition) is 4. The van der Waals surface area contributed by atoms with Crippen molar-refractivity contribution in [2.45, 2.75) is 32.4 Å². The van der Waals surface area contributed by atoms with Gasteiger partial charge in [-0.15, -0.1) is 0 Å². The van der Waals surface area contributed by atoms with Crippen LogP contribution in [0.5, 0.6) is 0 Å². The van der Waals surface area contributed by atoms with Crippen LogP contribution in [-0.2, 0) is 14.3 Å². The third kappa shape index (κ3) is 3.33. The molecule has 1 atom stereocenters. The highest BCUT2D eigenvalue weighted by molar-refractivity contribution is 6.08. The molecule has 3 amide bonds. The number of fused-ring (bicyclic) bond motifs is 1. The molecule has 1 aromatic carbocycles. The minimum Gasteiger partial charge on any atom is -0.459 e. The number of hydrogen-bond donors (Lipinski definition) is 2. The molecular weight excluding hydrogens is 329 g/mol. The molecule has 0 bridgehead atoms. The number of rotatable bonds is 3. The zero-order valence-electron chi connectivity index (χ0n) is 14.1. The SMILES string of the molecule is CC(C)(C)OC(=O)CN1C(=O)NC(c2c[nH]c3ccc(F)cc23)C1=O. The van der Waals surface area contributed by atoms with E-state index in [-0.39, 0.29) is 0 Å². The van der Waals surface area contributed by atoms with Crippen molar-refractivity contribution < 1.29 is 23.5 Å². The Morgan fingerprint density at radius 2 is 2.04 bits per heavy atom. The number of benzene rings is 1. The fourth-order valence-electron chi connectivity index (χ4n) is 2.74. The monoisotopic (exact) mass is 347 g/mol. The number of nitrogens with zero attached hydrogens (tertiary/aromatic N) is 1. The van der Waals surface area contributed by atoms with Crippen LogP contribution in [0.1, 0.15) is 32.4 Å². The van der Waals surface area contributed by atoms with Crippen molar-refractivity contribution in [1.82, 2.24) is 15.2 Å². The van der Waals surface area contributed by atoms with Crippen molar-refractivity contribution in [1.29, 1.82) is 0 Å².